The number of nitrogens with one attached hydrogen (secondary N) is 1. The van der Waals surface area contributed by atoms with Crippen LogP contribution in [-0.4, -0.2) is 24.0 Å². The smallest absolute Gasteiger partial charge is 0.337 e. The summed E-state index contributed by atoms with van der Waals surface area (Å²) in [7, 11) is 1.34. The third kappa shape index (κ3) is 3.56. The number of hydrogen-bond donors (Lipinski definition) is 1. The second-order valence-corrected chi connectivity index (χ2v) is 5.23. The summed E-state index contributed by atoms with van der Waals surface area (Å²) < 4.78 is 4.70. The average Bonchev–Trinajstić information content (AvgIpc) is 2.45. The molecule has 1 amide bonds. The first kappa shape index (κ1) is 15.0. The Morgan fingerprint density at radius 2 is 2.05 bits per heavy atom. The molecule has 0 radical (unpaired) electrons. The van der Waals surface area contributed by atoms with Crippen molar-refractivity contribution in [1.82, 2.24) is 4.98 Å². The monoisotopic (exact) mass is 286 g/mol. The van der Waals surface area contributed by atoms with Crippen molar-refractivity contribution in [3.63, 3.8) is 0 Å². The average molecular weight is 286 g/mol. The number of rotatable bonds is 4. The Bertz CT molecular complexity index is 680. The maximum Gasteiger partial charge on any atom is 0.337 e. The number of amides is 1. The zero-order chi connectivity index (χ0) is 15.4. The van der Waals surface area contributed by atoms with Gasteiger partial charge in [0.05, 0.1) is 12.7 Å². The topological polar surface area (TPSA) is 68.3 Å². The van der Waals surface area contributed by atoms with Crippen molar-refractivity contribution < 1.29 is 14.3 Å². The van der Waals surface area contributed by atoms with E-state index in [0.29, 0.717) is 17.8 Å². The van der Waals surface area contributed by atoms with Gasteiger partial charge in [-0.15, -0.1) is 0 Å². The number of nitrogens with zero attached hydrogens (tertiary/aromatic N) is 1. The maximum atomic E-state index is 11.9. The van der Waals surface area contributed by atoms with E-state index in [4.69, 9.17) is 4.74 Å². The van der Waals surface area contributed by atoms with Gasteiger partial charge in [-0.2, -0.15) is 0 Å². The molecule has 0 aliphatic heterocycles. The molecule has 2 rings (SSSR count). The van der Waals surface area contributed by atoms with Crippen molar-refractivity contribution in [1.29, 1.82) is 0 Å². The first-order valence-electron chi connectivity index (χ1n) is 6.78. The van der Waals surface area contributed by atoms with E-state index in [0.717, 1.165) is 10.8 Å². The Hall–Kier alpha value is -2.43. The third-order valence-electron chi connectivity index (χ3n) is 3.04. The number of aromatic nitrogens is 1. The summed E-state index contributed by atoms with van der Waals surface area (Å²) in [6, 6.07) is 6.94. The molecular weight excluding hydrogens is 268 g/mol. The van der Waals surface area contributed by atoms with Gasteiger partial charge in [0, 0.05) is 18.0 Å². The number of esters is 1. The van der Waals surface area contributed by atoms with E-state index in [2.05, 4.69) is 10.3 Å². The summed E-state index contributed by atoms with van der Waals surface area (Å²) in [6.45, 7) is 3.97. The number of anilines is 1. The van der Waals surface area contributed by atoms with Gasteiger partial charge >= 0.3 is 5.97 Å². The lowest BCUT2D eigenvalue weighted by Crippen LogP contribution is -2.15. The molecule has 0 saturated heterocycles. The van der Waals surface area contributed by atoms with Gasteiger partial charge < -0.3 is 10.1 Å². The van der Waals surface area contributed by atoms with Gasteiger partial charge in [-0.1, -0.05) is 13.8 Å². The van der Waals surface area contributed by atoms with Crippen molar-refractivity contribution in [2.75, 3.05) is 12.4 Å². The molecule has 1 N–H and O–H groups in total. The molecule has 1 heterocycles. The van der Waals surface area contributed by atoms with Gasteiger partial charge in [-0.3, -0.25) is 4.79 Å². The molecule has 0 unspecified atom stereocenters. The number of methoxy groups -OCH3 is 1. The van der Waals surface area contributed by atoms with E-state index in [1.165, 1.54) is 7.11 Å². The lowest BCUT2D eigenvalue weighted by atomic mass is 10.1. The Balaban J connectivity index is 2.33. The summed E-state index contributed by atoms with van der Waals surface area (Å²) in [5.74, 6) is 0.335. The highest BCUT2D eigenvalue weighted by atomic mass is 16.5. The summed E-state index contributed by atoms with van der Waals surface area (Å²) >= 11 is 0. The van der Waals surface area contributed by atoms with E-state index >= 15 is 0 Å². The summed E-state index contributed by atoms with van der Waals surface area (Å²) in [5, 5.41) is 4.43. The second kappa shape index (κ2) is 6.35. The van der Waals surface area contributed by atoms with Crippen LogP contribution in [0.5, 0.6) is 0 Å². The number of carbonyl (C=O) groups excluding carboxylic acids is 2. The molecule has 0 saturated carbocycles. The van der Waals surface area contributed by atoms with Crippen molar-refractivity contribution in [2.24, 2.45) is 5.92 Å². The van der Waals surface area contributed by atoms with Gasteiger partial charge in [0.25, 0.3) is 0 Å². The molecule has 0 aliphatic rings. The second-order valence-electron chi connectivity index (χ2n) is 5.23. The van der Waals surface area contributed by atoms with Crippen LogP contribution in [0.1, 0.15) is 30.6 Å². The fourth-order valence-electron chi connectivity index (χ4n) is 2.08. The predicted octanol–water partition coefficient (Wildman–Crippen LogP) is 3.01. The minimum Gasteiger partial charge on any atom is -0.465 e. The fourth-order valence-corrected chi connectivity index (χ4v) is 2.08. The molecule has 1 aromatic heterocycles. The first-order chi connectivity index (χ1) is 10.0. The van der Waals surface area contributed by atoms with E-state index < -0.39 is 0 Å². The zero-order valence-electron chi connectivity index (χ0n) is 12.3. The number of carbonyl (C=O) groups is 2. The number of ether oxygens (including phenoxy) is 1. The van der Waals surface area contributed by atoms with E-state index in [1.807, 2.05) is 13.8 Å². The van der Waals surface area contributed by atoms with Gasteiger partial charge in [0.15, 0.2) is 0 Å². The number of benzene rings is 1. The Morgan fingerprint density at radius 3 is 2.71 bits per heavy atom. The first-order valence-corrected chi connectivity index (χ1v) is 6.78. The van der Waals surface area contributed by atoms with E-state index in [9.17, 15) is 9.59 Å². The largest absolute Gasteiger partial charge is 0.465 e. The van der Waals surface area contributed by atoms with Gasteiger partial charge in [-0.25, -0.2) is 9.78 Å². The highest BCUT2D eigenvalue weighted by Crippen LogP contribution is 2.23. The minimum absolute atomic E-state index is 0.0676. The zero-order valence-corrected chi connectivity index (χ0v) is 12.3. The lowest BCUT2D eigenvalue weighted by Gasteiger charge is -2.09. The molecule has 5 nitrogen and oxygen atoms in total. The molecule has 0 bridgehead atoms. The number of hydrogen-bond acceptors (Lipinski definition) is 4. The van der Waals surface area contributed by atoms with Crippen LogP contribution < -0.4 is 5.32 Å². The fraction of sp³-hybridized carbons (Fsp3) is 0.312. The SMILES string of the molecule is COC(=O)c1ccc2c(NC(=O)CC(C)C)nccc2c1. The molecular formula is C16H18N2O3. The third-order valence-corrected chi connectivity index (χ3v) is 3.04. The minimum atomic E-state index is -0.390. The molecule has 2 aromatic rings. The van der Waals surface area contributed by atoms with E-state index in [1.54, 1.807) is 30.5 Å². The van der Waals surface area contributed by atoms with Crippen LogP contribution in [-0.2, 0) is 9.53 Å². The molecule has 0 aliphatic carbocycles. The molecule has 21 heavy (non-hydrogen) atoms. The number of fused-ring (bicyclic) bond motifs is 1. The van der Waals surface area contributed by atoms with Crippen LogP contribution in [0.25, 0.3) is 10.8 Å². The van der Waals surface area contributed by atoms with Crippen molar-refractivity contribution >= 4 is 28.5 Å². The Kier molecular flexibility index (Phi) is 4.52. The molecule has 0 atom stereocenters. The van der Waals surface area contributed by atoms with Crippen molar-refractivity contribution in [3.8, 4) is 0 Å². The van der Waals surface area contributed by atoms with Crippen LogP contribution in [0.15, 0.2) is 30.5 Å². The molecule has 0 fully saturated rings. The summed E-state index contributed by atoms with van der Waals surface area (Å²) in [6.07, 6.45) is 2.05. The highest BCUT2D eigenvalue weighted by molar-refractivity contribution is 6.02. The van der Waals surface area contributed by atoms with Gasteiger partial charge in [-0.05, 0) is 35.6 Å². The van der Waals surface area contributed by atoms with Crippen LogP contribution in [0, 0.1) is 5.92 Å². The Labute approximate surface area is 123 Å². The Morgan fingerprint density at radius 1 is 1.29 bits per heavy atom. The quantitative estimate of drug-likeness (QED) is 0.877. The molecule has 5 heteroatoms. The standard InChI is InChI=1S/C16H18N2O3/c1-10(2)8-14(19)18-15-13-5-4-12(16(20)21-3)9-11(13)6-7-17-15/h4-7,9-10H,8H2,1-3H3,(H,17,18,19). The van der Waals surface area contributed by atoms with Crippen LogP contribution in [0.2, 0.25) is 0 Å². The summed E-state index contributed by atoms with van der Waals surface area (Å²) in [4.78, 5) is 27.6. The van der Waals surface area contributed by atoms with Crippen LogP contribution in [0.3, 0.4) is 0 Å². The van der Waals surface area contributed by atoms with Crippen molar-refractivity contribution in [3.05, 3.63) is 36.0 Å². The lowest BCUT2D eigenvalue weighted by molar-refractivity contribution is -0.116. The summed E-state index contributed by atoms with van der Waals surface area (Å²) in [5.41, 5.74) is 0.468. The van der Waals surface area contributed by atoms with Gasteiger partial charge in [0.2, 0.25) is 5.91 Å². The van der Waals surface area contributed by atoms with E-state index in [-0.39, 0.29) is 17.8 Å². The van der Waals surface area contributed by atoms with Crippen LogP contribution >= 0.6 is 0 Å². The van der Waals surface area contributed by atoms with Crippen molar-refractivity contribution in [2.45, 2.75) is 20.3 Å². The molecule has 1 aromatic carbocycles. The predicted molar refractivity (Wildman–Crippen MR) is 81.2 cm³/mol. The maximum absolute atomic E-state index is 11.9. The van der Waals surface area contributed by atoms with Gasteiger partial charge in [0.1, 0.15) is 5.82 Å². The van der Waals surface area contributed by atoms with Crippen LogP contribution in [0.4, 0.5) is 5.82 Å². The molecule has 0 spiro atoms. The number of pyridine rings is 1. The highest BCUT2D eigenvalue weighted by Gasteiger charge is 2.11. The molecule has 110 valence electrons. The normalized spacial score (nSPS) is 10.7.